The number of hydrogen-bond donors (Lipinski definition) is 0. The van der Waals surface area contributed by atoms with Crippen LogP contribution in [0.15, 0.2) is 21.3 Å². The van der Waals surface area contributed by atoms with Crippen LogP contribution in [-0.2, 0) is 11.3 Å². The van der Waals surface area contributed by atoms with Gasteiger partial charge in [-0.15, -0.1) is 0 Å². The van der Waals surface area contributed by atoms with Gasteiger partial charge >= 0.3 is 0 Å². The maximum absolute atomic E-state index is 12.9. The van der Waals surface area contributed by atoms with Gasteiger partial charge in [0.1, 0.15) is 5.76 Å². The van der Waals surface area contributed by atoms with Gasteiger partial charge in [-0.05, 0) is 38.1 Å². The summed E-state index contributed by atoms with van der Waals surface area (Å²) in [6.45, 7) is 5.41. The molecular weight excluding hydrogens is 338 g/mol. The number of fused-ring (bicyclic) bond motifs is 4. The first-order valence-corrected chi connectivity index (χ1v) is 9.52. The Bertz CT molecular complexity index is 779. The minimum Gasteiger partial charge on any atom is -0.361 e. The highest BCUT2D eigenvalue weighted by Gasteiger charge is 2.42. The molecular formula is C18H21N3O3S. The lowest BCUT2D eigenvalue weighted by Crippen LogP contribution is -2.47. The van der Waals surface area contributed by atoms with E-state index in [1.165, 1.54) is 11.3 Å². The van der Waals surface area contributed by atoms with Crippen LogP contribution < -0.4 is 0 Å². The lowest BCUT2D eigenvalue weighted by molar-refractivity contribution is -0.140. The van der Waals surface area contributed by atoms with E-state index in [0.29, 0.717) is 19.6 Å². The lowest BCUT2D eigenvalue weighted by Gasteiger charge is -2.35. The Hall–Kier alpha value is -2.15. The SMILES string of the molecule is Cc1noc(C)c1CN1C(=O)C2CCC1CN(C(=O)c1ccsc1)C2. The molecule has 0 N–H and O–H groups in total. The molecule has 3 fully saturated rings. The van der Waals surface area contributed by atoms with Gasteiger partial charge in [-0.1, -0.05) is 5.16 Å². The molecule has 3 aliphatic heterocycles. The molecule has 132 valence electrons. The minimum absolute atomic E-state index is 0.0325. The van der Waals surface area contributed by atoms with E-state index in [9.17, 15) is 9.59 Å². The highest BCUT2D eigenvalue weighted by molar-refractivity contribution is 7.08. The first-order valence-electron chi connectivity index (χ1n) is 8.58. The van der Waals surface area contributed by atoms with E-state index in [-0.39, 0.29) is 23.8 Å². The Labute approximate surface area is 150 Å². The second kappa shape index (κ2) is 6.29. The molecule has 7 heteroatoms. The van der Waals surface area contributed by atoms with Gasteiger partial charge in [0.2, 0.25) is 5.91 Å². The summed E-state index contributed by atoms with van der Waals surface area (Å²) in [6.07, 6.45) is 1.79. The summed E-state index contributed by atoms with van der Waals surface area (Å²) in [6, 6.07) is 1.91. The zero-order valence-corrected chi connectivity index (χ0v) is 15.2. The van der Waals surface area contributed by atoms with Crippen molar-refractivity contribution >= 4 is 23.2 Å². The zero-order chi connectivity index (χ0) is 17.6. The number of aromatic nitrogens is 1. The van der Waals surface area contributed by atoms with Gasteiger partial charge in [0, 0.05) is 30.1 Å². The van der Waals surface area contributed by atoms with Crippen molar-refractivity contribution in [2.24, 2.45) is 5.92 Å². The summed E-state index contributed by atoms with van der Waals surface area (Å²) in [5, 5.41) is 7.78. The van der Waals surface area contributed by atoms with E-state index >= 15 is 0 Å². The summed E-state index contributed by atoms with van der Waals surface area (Å²) in [5.41, 5.74) is 2.53. The number of rotatable bonds is 3. The number of amides is 2. The average Bonchev–Trinajstić information content (AvgIpc) is 3.14. The lowest BCUT2D eigenvalue weighted by atomic mass is 9.93. The largest absolute Gasteiger partial charge is 0.361 e. The maximum atomic E-state index is 12.9. The van der Waals surface area contributed by atoms with E-state index in [4.69, 9.17) is 4.52 Å². The highest BCUT2D eigenvalue weighted by atomic mass is 32.1. The van der Waals surface area contributed by atoms with Crippen LogP contribution in [0, 0.1) is 19.8 Å². The molecule has 3 saturated heterocycles. The van der Waals surface area contributed by atoms with Gasteiger partial charge in [-0.3, -0.25) is 9.59 Å². The first kappa shape index (κ1) is 16.3. The zero-order valence-electron chi connectivity index (χ0n) is 14.4. The fourth-order valence-electron chi connectivity index (χ4n) is 3.88. The summed E-state index contributed by atoms with van der Waals surface area (Å²) in [4.78, 5) is 29.5. The number of thiophene rings is 1. The van der Waals surface area contributed by atoms with Gasteiger partial charge in [0.15, 0.2) is 0 Å². The topological polar surface area (TPSA) is 66.7 Å². The fourth-order valence-corrected chi connectivity index (χ4v) is 4.51. The third-order valence-corrected chi connectivity index (χ3v) is 6.04. The number of nitrogens with zero attached hydrogens (tertiary/aromatic N) is 3. The van der Waals surface area contributed by atoms with E-state index in [2.05, 4.69) is 5.16 Å². The van der Waals surface area contributed by atoms with Crippen LogP contribution in [-0.4, -0.2) is 45.9 Å². The molecule has 3 aliphatic rings. The monoisotopic (exact) mass is 359 g/mol. The molecule has 2 amide bonds. The van der Waals surface area contributed by atoms with Gasteiger partial charge in [-0.2, -0.15) is 11.3 Å². The molecule has 25 heavy (non-hydrogen) atoms. The quantitative estimate of drug-likeness (QED) is 0.845. The highest BCUT2D eigenvalue weighted by Crippen LogP contribution is 2.32. The summed E-state index contributed by atoms with van der Waals surface area (Å²) in [5.74, 6) is 0.834. The van der Waals surface area contributed by atoms with E-state index in [0.717, 1.165) is 35.4 Å². The number of carbonyl (C=O) groups is 2. The average molecular weight is 359 g/mol. The molecule has 6 nitrogen and oxygen atoms in total. The van der Waals surface area contributed by atoms with Gasteiger partial charge in [0.25, 0.3) is 5.91 Å². The van der Waals surface area contributed by atoms with Crippen molar-refractivity contribution in [3.05, 3.63) is 39.4 Å². The van der Waals surface area contributed by atoms with Crippen LogP contribution in [0.25, 0.3) is 0 Å². The summed E-state index contributed by atoms with van der Waals surface area (Å²) >= 11 is 1.52. The molecule has 0 saturated carbocycles. The van der Waals surface area contributed by atoms with Crippen molar-refractivity contribution in [2.75, 3.05) is 13.1 Å². The Morgan fingerprint density at radius 3 is 2.88 bits per heavy atom. The predicted octanol–water partition coefficient (Wildman–Crippen LogP) is 2.62. The van der Waals surface area contributed by atoms with Crippen LogP contribution in [0.2, 0.25) is 0 Å². The Morgan fingerprint density at radius 2 is 2.20 bits per heavy atom. The number of carbonyl (C=O) groups excluding carboxylic acids is 2. The Kier molecular flexibility index (Phi) is 4.11. The van der Waals surface area contributed by atoms with Crippen LogP contribution in [0.5, 0.6) is 0 Å². The number of piperidine rings is 1. The predicted molar refractivity (Wildman–Crippen MR) is 93.3 cm³/mol. The van der Waals surface area contributed by atoms with Gasteiger partial charge in [0.05, 0.1) is 23.7 Å². The van der Waals surface area contributed by atoms with Crippen molar-refractivity contribution in [3.63, 3.8) is 0 Å². The molecule has 2 aromatic rings. The molecule has 0 aliphatic carbocycles. The van der Waals surface area contributed by atoms with E-state index in [1.807, 2.05) is 40.5 Å². The number of aryl methyl sites for hydroxylation is 2. The number of hydrogen-bond acceptors (Lipinski definition) is 5. The second-order valence-electron chi connectivity index (χ2n) is 6.92. The van der Waals surface area contributed by atoms with Crippen LogP contribution in [0.4, 0.5) is 0 Å². The molecule has 2 atom stereocenters. The van der Waals surface area contributed by atoms with Crippen molar-refractivity contribution in [2.45, 2.75) is 39.3 Å². The molecule has 0 aromatic carbocycles. The van der Waals surface area contributed by atoms with E-state index < -0.39 is 0 Å². The van der Waals surface area contributed by atoms with Crippen LogP contribution in [0.1, 0.15) is 40.2 Å². The molecule has 2 bridgehead atoms. The molecule has 5 rings (SSSR count). The van der Waals surface area contributed by atoms with Crippen molar-refractivity contribution in [1.82, 2.24) is 15.0 Å². The normalized spacial score (nSPS) is 23.2. The molecule has 0 radical (unpaired) electrons. The van der Waals surface area contributed by atoms with Crippen molar-refractivity contribution < 1.29 is 14.1 Å². The maximum Gasteiger partial charge on any atom is 0.254 e. The smallest absolute Gasteiger partial charge is 0.254 e. The van der Waals surface area contributed by atoms with E-state index in [1.54, 1.807) is 0 Å². The standard InChI is InChI=1S/C18H21N3O3S/c1-11-16(12(2)24-19-11)9-21-15-4-3-13(18(21)23)7-20(8-15)17(22)14-5-6-25-10-14/h5-6,10,13,15H,3-4,7-9H2,1-2H3. The minimum atomic E-state index is -0.109. The van der Waals surface area contributed by atoms with Crippen molar-refractivity contribution in [3.8, 4) is 0 Å². The third-order valence-electron chi connectivity index (χ3n) is 5.36. The molecule has 2 unspecified atom stereocenters. The Balaban J connectivity index is 1.58. The van der Waals surface area contributed by atoms with Gasteiger partial charge in [-0.25, -0.2) is 0 Å². The molecule has 5 heterocycles. The molecule has 0 spiro atoms. The van der Waals surface area contributed by atoms with Gasteiger partial charge < -0.3 is 14.3 Å². The van der Waals surface area contributed by atoms with Crippen molar-refractivity contribution in [1.29, 1.82) is 0 Å². The van der Waals surface area contributed by atoms with Crippen LogP contribution >= 0.6 is 11.3 Å². The van der Waals surface area contributed by atoms with Crippen LogP contribution in [0.3, 0.4) is 0 Å². The summed E-state index contributed by atoms with van der Waals surface area (Å²) in [7, 11) is 0. The molecule has 2 aromatic heterocycles. The second-order valence-corrected chi connectivity index (χ2v) is 7.70. The summed E-state index contributed by atoms with van der Waals surface area (Å²) < 4.78 is 5.24. The first-order chi connectivity index (χ1) is 12.0. The Morgan fingerprint density at radius 1 is 1.36 bits per heavy atom. The fraction of sp³-hybridized carbons (Fsp3) is 0.500. The third kappa shape index (κ3) is 2.86.